The summed E-state index contributed by atoms with van der Waals surface area (Å²) < 4.78 is 49.5. The number of hydrogen-bond donors (Lipinski definition) is 1. The van der Waals surface area contributed by atoms with Gasteiger partial charge in [0, 0.05) is 5.46 Å². The molecule has 2 aromatic rings. The third kappa shape index (κ3) is 4.12. The number of benzene rings is 2. The summed E-state index contributed by atoms with van der Waals surface area (Å²) in [5, 5.41) is 0. The summed E-state index contributed by atoms with van der Waals surface area (Å²) in [4.78, 5) is 11.8. The van der Waals surface area contributed by atoms with E-state index in [-0.39, 0.29) is 30.1 Å². The number of anilines is 1. The first kappa shape index (κ1) is 21.9. The van der Waals surface area contributed by atoms with Crippen LogP contribution in [0.1, 0.15) is 33.3 Å². The van der Waals surface area contributed by atoms with Gasteiger partial charge < -0.3 is 18.6 Å². The molecular formula is C21H24BFN2O5S. The molecular weight excluding hydrogens is 422 g/mol. The van der Waals surface area contributed by atoms with Gasteiger partial charge in [-0.2, -0.15) is 4.31 Å². The van der Waals surface area contributed by atoms with Gasteiger partial charge >= 0.3 is 7.12 Å². The first-order chi connectivity index (χ1) is 14.6. The summed E-state index contributed by atoms with van der Waals surface area (Å²) in [6.07, 6.45) is 0. The zero-order valence-electron chi connectivity index (χ0n) is 17.8. The zero-order chi connectivity index (χ0) is 22.4. The molecule has 10 heteroatoms. The maximum Gasteiger partial charge on any atom is 0.497 e. The van der Waals surface area contributed by atoms with E-state index in [1.807, 2.05) is 58.0 Å². The molecule has 2 fully saturated rings. The third-order valence-corrected chi connectivity index (χ3v) is 6.91. The van der Waals surface area contributed by atoms with E-state index < -0.39 is 41.6 Å². The van der Waals surface area contributed by atoms with Crippen LogP contribution < -0.4 is 19.2 Å². The van der Waals surface area contributed by atoms with Gasteiger partial charge in [-0.05, 0) is 39.3 Å². The van der Waals surface area contributed by atoms with Crippen LogP contribution in [0.5, 0.6) is 5.75 Å². The van der Waals surface area contributed by atoms with Gasteiger partial charge in [0.1, 0.15) is 6.61 Å². The molecule has 0 spiro atoms. The fraction of sp³-hybridized carbons (Fsp3) is 0.381. The van der Waals surface area contributed by atoms with E-state index in [4.69, 9.17) is 14.0 Å². The van der Waals surface area contributed by atoms with Crippen LogP contribution >= 0.6 is 0 Å². The maximum atomic E-state index is 15.8. The summed E-state index contributed by atoms with van der Waals surface area (Å²) >= 11 is -1.92. The van der Waals surface area contributed by atoms with Gasteiger partial charge in [0.25, 0.3) is 5.91 Å². The van der Waals surface area contributed by atoms with Crippen LogP contribution in [0.3, 0.4) is 0 Å². The molecule has 0 radical (unpaired) electrons. The first-order valence-corrected chi connectivity index (χ1v) is 11.0. The van der Waals surface area contributed by atoms with Crippen molar-refractivity contribution in [2.45, 2.75) is 45.5 Å². The molecule has 0 aromatic heterocycles. The average Bonchev–Trinajstić information content (AvgIpc) is 3.14. The molecule has 0 bridgehead atoms. The van der Waals surface area contributed by atoms with Crippen LogP contribution in [-0.4, -0.2) is 35.3 Å². The molecule has 164 valence electrons. The van der Waals surface area contributed by atoms with Gasteiger partial charge in [-0.25, -0.2) is 4.39 Å². The van der Waals surface area contributed by atoms with E-state index in [0.29, 0.717) is 0 Å². The standard InChI is InChI=1S/C21H24BFN2O5S/c1-20(2)21(3,4)30-22(29-20)15-10-11-16(28-13-14-8-6-5-7-9-14)19(18(15)23)25-12-17(26)24-31(25)27/h5-11H,12-13H2,1-4H3,(H,24,26). The van der Waals surface area contributed by atoms with E-state index in [2.05, 4.69) is 4.72 Å². The molecule has 2 aliphatic rings. The molecule has 31 heavy (non-hydrogen) atoms. The van der Waals surface area contributed by atoms with Gasteiger partial charge in [0.15, 0.2) is 35.3 Å². The van der Waals surface area contributed by atoms with E-state index in [0.717, 1.165) is 9.87 Å². The van der Waals surface area contributed by atoms with E-state index in [9.17, 15) is 9.35 Å². The van der Waals surface area contributed by atoms with Crippen molar-refractivity contribution in [2.24, 2.45) is 0 Å². The third-order valence-electron chi connectivity index (χ3n) is 5.79. The van der Waals surface area contributed by atoms with Gasteiger partial charge in [-0.15, -0.1) is 4.72 Å². The predicted molar refractivity (Wildman–Crippen MR) is 117 cm³/mol. The lowest BCUT2D eigenvalue weighted by Gasteiger charge is -2.32. The Hall–Kier alpha value is -2.27. The second-order valence-corrected chi connectivity index (χ2v) is 9.63. The highest BCUT2D eigenvalue weighted by Crippen LogP contribution is 2.39. The van der Waals surface area contributed by atoms with Crippen molar-refractivity contribution < 1.29 is 27.8 Å². The fourth-order valence-electron chi connectivity index (χ4n) is 3.33. The minimum Gasteiger partial charge on any atom is -0.568 e. The lowest BCUT2D eigenvalue weighted by molar-refractivity contribution is -0.117. The predicted octanol–water partition coefficient (Wildman–Crippen LogP) is 2.22. The number of carbonyl (C=O) groups is 1. The van der Waals surface area contributed by atoms with Gasteiger partial charge in [0.05, 0.1) is 11.2 Å². The number of hydrogen-bond acceptors (Lipinski definition) is 6. The van der Waals surface area contributed by atoms with Crippen molar-refractivity contribution in [3.63, 3.8) is 0 Å². The van der Waals surface area contributed by atoms with Gasteiger partial charge in [-0.3, -0.25) is 4.79 Å². The number of halogens is 1. The molecule has 7 nitrogen and oxygen atoms in total. The van der Waals surface area contributed by atoms with Crippen molar-refractivity contribution >= 4 is 35.7 Å². The Morgan fingerprint density at radius 1 is 1.16 bits per heavy atom. The summed E-state index contributed by atoms with van der Waals surface area (Å²) in [7, 11) is -0.952. The van der Waals surface area contributed by atoms with Crippen LogP contribution in [0.2, 0.25) is 0 Å². The average molecular weight is 446 g/mol. The quantitative estimate of drug-likeness (QED) is 0.561. The van der Waals surface area contributed by atoms with E-state index in [1.165, 1.54) is 6.07 Å². The lowest BCUT2D eigenvalue weighted by atomic mass is 9.78. The molecule has 0 aliphatic carbocycles. The van der Waals surface area contributed by atoms with Crippen LogP contribution in [0.25, 0.3) is 0 Å². The fourth-order valence-corrected chi connectivity index (χ4v) is 4.27. The number of rotatable bonds is 5. The number of amides is 1. The van der Waals surface area contributed by atoms with Crippen LogP contribution in [-0.2, 0) is 32.3 Å². The Kier molecular flexibility index (Phi) is 5.67. The Labute approximate surface area is 184 Å². The topological polar surface area (TPSA) is 83.1 Å². The second-order valence-electron chi connectivity index (χ2n) is 8.49. The minimum atomic E-state index is -1.92. The Balaban J connectivity index is 1.71. The smallest absolute Gasteiger partial charge is 0.497 e. The highest BCUT2D eigenvalue weighted by molar-refractivity contribution is 7.92. The number of nitrogens with one attached hydrogen (secondary N) is 1. The van der Waals surface area contributed by atoms with Gasteiger partial charge in [0.2, 0.25) is 0 Å². The zero-order valence-corrected chi connectivity index (χ0v) is 18.6. The molecule has 4 rings (SSSR count). The van der Waals surface area contributed by atoms with Crippen LogP contribution in [0.15, 0.2) is 42.5 Å². The summed E-state index contributed by atoms with van der Waals surface area (Å²) in [6, 6.07) is 12.5. The Morgan fingerprint density at radius 3 is 2.39 bits per heavy atom. The number of nitrogens with zero attached hydrogens (tertiary/aromatic N) is 1. The second kappa shape index (κ2) is 8.01. The molecule has 1 amide bonds. The van der Waals surface area contributed by atoms with Crippen molar-refractivity contribution in [3.8, 4) is 5.75 Å². The monoisotopic (exact) mass is 446 g/mol. The molecule has 2 aromatic carbocycles. The summed E-state index contributed by atoms with van der Waals surface area (Å²) in [5.74, 6) is -0.992. The van der Waals surface area contributed by atoms with Crippen molar-refractivity contribution in [2.75, 3.05) is 10.8 Å². The molecule has 0 saturated carbocycles. The van der Waals surface area contributed by atoms with Gasteiger partial charge in [-0.1, -0.05) is 36.4 Å². The Bertz CT molecular complexity index is 975. The lowest BCUT2D eigenvalue weighted by Crippen LogP contribution is -2.41. The first-order valence-electron chi connectivity index (χ1n) is 9.93. The molecule has 2 aliphatic heterocycles. The molecule has 1 unspecified atom stereocenters. The number of ether oxygens (including phenoxy) is 1. The molecule has 2 heterocycles. The van der Waals surface area contributed by atoms with Crippen LogP contribution in [0.4, 0.5) is 10.1 Å². The van der Waals surface area contributed by atoms with E-state index >= 15 is 4.39 Å². The SMILES string of the molecule is CC1(C)OB(c2ccc(OCc3ccccc3)c(N3CC(=O)N[S+]3[O-])c2F)OC1(C)C. The minimum absolute atomic E-state index is 0.0696. The largest absolute Gasteiger partial charge is 0.568 e. The highest BCUT2D eigenvalue weighted by Gasteiger charge is 2.53. The number of carbonyl (C=O) groups excluding carboxylic acids is 1. The molecule has 1 N–H and O–H groups in total. The van der Waals surface area contributed by atoms with Crippen molar-refractivity contribution in [1.29, 1.82) is 0 Å². The normalized spacial score (nSPS) is 22.0. The Morgan fingerprint density at radius 2 is 1.81 bits per heavy atom. The van der Waals surface area contributed by atoms with Crippen molar-refractivity contribution in [1.82, 2.24) is 4.72 Å². The van der Waals surface area contributed by atoms with E-state index in [1.54, 1.807) is 6.07 Å². The van der Waals surface area contributed by atoms with Crippen LogP contribution in [0, 0.1) is 5.82 Å². The van der Waals surface area contributed by atoms with Crippen molar-refractivity contribution in [3.05, 3.63) is 53.8 Å². The summed E-state index contributed by atoms with van der Waals surface area (Å²) in [6.45, 7) is 7.44. The maximum absolute atomic E-state index is 15.8. The molecule has 1 atom stereocenters. The summed E-state index contributed by atoms with van der Waals surface area (Å²) in [5.41, 5.74) is -0.334. The molecule has 2 saturated heterocycles. The highest BCUT2D eigenvalue weighted by atomic mass is 32.2.